The molecule has 0 unspecified atom stereocenters. The summed E-state index contributed by atoms with van der Waals surface area (Å²) in [4.78, 5) is 29.2. The molecule has 2 aromatic rings. The Labute approximate surface area is 119 Å². The molecule has 0 spiro atoms. The highest BCUT2D eigenvalue weighted by Crippen LogP contribution is 2.12. The van der Waals surface area contributed by atoms with Gasteiger partial charge in [0.2, 0.25) is 17.3 Å². The second kappa shape index (κ2) is 7.20. The van der Waals surface area contributed by atoms with Gasteiger partial charge in [-0.1, -0.05) is 5.16 Å². The number of rotatable bonds is 6. The molecule has 21 heavy (non-hydrogen) atoms. The van der Waals surface area contributed by atoms with Crippen LogP contribution < -0.4 is 16.2 Å². The summed E-state index contributed by atoms with van der Waals surface area (Å²) < 4.78 is 9.80. The lowest BCUT2D eigenvalue weighted by Gasteiger charge is -2.04. The van der Waals surface area contributed by atoms with Crippen LogP contribution in [0.2, 0.25) is 0 Å². The minimum absolute atomic E-state index is 0.0923. The maximum absolute atomic E-state index is 11.4. The van der Waals surface area contributed by atoms with Crippen LogP contribution in [-0.2, 0) is 11.3 Å². The van der Waals surface area contributed by atoms with Gasteiger partial charge in [0.1, 0.15) is 0 Å². The number of aromatic nitrogens is 3. The number of H-pyrrole nitrogens is 1. The van der Waals surface area contributed by atoms with E-state index < -0.39 is 0 Å². The summed E-state index contributed by atoms with van der Waals surface area (Å²) in [7, 11) is 1.55. The van der Waals surface area contributed by atoms with Crippen molar-refractivity contribution in [1.29, 1.82) is 0 Å². The fraction of sp³-hybridized carbons (Fsp3) is 0.333. The zero-order valence-electron chi connectivity index (χ0n) is 11.4. The quantitative estimate of drug-likeness (QED) is 0.638. The summed E-state index contributed by atoms with van der Waals surface area (Å²) in [5.74, 6) is 0.532. The van der Waals surface area contributed by atoms with E-state index in [9.17, 15) is 9.59 Å². The van der Waals surface area contributed by atoms with Crippen molar-refractivity contribution in [3.8, 4) is 11.4 Å². The first-order valence-electron chi connectivity index (χ1n) is 6.21. The maximum Gasteiger partial charge on any atom is 0.315 e. The third-order valence-electron chi connectivity index (χ3n) is 2.49. The number of nitrogens with one attached hydrogen (secondary N) is 3. The van der Waals surface area contributed by atoms with E-state index in [1.807, 2.05) is 0 Å². The minimum atomic E-state index is -0.358. The van der Waals surface area contributed by atoms with Crippen molar-refractivity contribution in [3.05, 3.63) is 34.6 Å². The molecule has 2 aromatic heterocycles. The van der Waals surface area contributed by atoms with Crippen LogP contribution in [0.3, 0.4) is 0 Å². The van der Waals surface area contributed by atoms with Crippen molar-refractivity contribution >= 4 is 6.03 Å². The van der Waals surface area contributed by atoms with Crippen molar-refractivity contribution in [2.45, 2.75) is 6.54 Å². The molecule has 0 saturated heterocycles. The number of pyridine rings is 1. The van der Waals surface area contributed by atoms with Crippen LogP contribution in [0.1, 0.15) is 5.89 Å². The van der Waals surface area contributed by atoms with E-state index in [0.29, 0.717) is 18.7 Å². The second-order valence-corrected chi connectivity index (χ2v) is 4.06. The molecular weight excluding hydrogens is 278 g/mol. The summed E-state index contributed by atoms with van der Waals surface area (Å²) in [5.41, 5.74) is 0.285. The third-order valence-corrected chi connectivity index (χ3v) is 2.49. The van der Waals surface area contributed by atoms with E-state index in [1.165, 1.54) is 12.3 Å². The molecule has 0 bridgehead atoms. The first-order chi connectivity index (χ1) is 10.2. The first kappa shape index (κ1) is 14.7. The van der Waals surface area contributed by atoms with Gasteiger partial charge in [0.15, 0.2) is 0 Å². The molecule has 2 amide bonds. The highest BCUT2D eigenvalue weighted by Gasteiger charge is 2.09. The number of aromatic amines is 1. The minimum Gasteiger partial charge on any atom is -0.383 e. The van der Waals surface area contributed by atoms with E-state index >= 15 is 0 Å². The van der Waals surface area contributed by atoms with Crippen LogP contribution in [0.4, 0.5) is 4.79 Å². The van der Waals surface area contributed by atoms with E-state index in [1.54, 1.807) is 13.2 Å². The van der Waals surface area contributed by atoms with Crippen molar-refractivity contribution in [3.63, 3.8) is 0 Å². The number of ether oxygens (including phenoxy) is 1. The third kappa shape index (κ3) is 4.42. The summed E-state index contributed by atoms with van der Waals surface area (Å²) in [5, 5.41) is 8.90. The number of carbonyl (C=O) groups is 1. The lowest BCUT2D eigenvalue weighted by Crippen LogP contribution is -2.36. The Hall–Kier alpha value is -2.68. The molecule has 9 heteroatoms. The normalized spacial score (nSPS) is 10.3. The van der Waals surface area contributed by atoms with Crippen molar-refractivity contribution in [2.75, 3.05) is 20.3 Å². The van der Waals surface area contributed by atoms with Crippen LogP contribution in [0.25, 0.3) is 11.4 Å². The lowest BCUT2D eigenvalue weighted by molar-refractivity contribution is 0.195. The molecule has 0 aliphatic heterocycles. The Morgan fingerprint density at radius 1 is 1.48 bits per heavy atom. The van der Waals surface area contributed by atoms with Gasteiger partial charge in [0.05, 0.1) is 13.2 Å². The van der Waals surface area contributed by atoms with Gasteiger partial charge < -0.3 is 24.9 Å². The smallest absolute Gasteiger partial charge is 0.315 e. The van der Waals surface area contributed by atoms with Crippen molar-refractivity contribution in [2.24, 2.45) is 0 Å². The first-order valence-corrected chi connectivity index (χ1v) is 6.21. The molecular formula is C12H15N5O4. The average molecular weight is 293 g/mol. The standard InChI is InChI=1S/C12H15N5O4/c1-20-5-4-14-12(19)15-7-10-16-11(17-21-10)8-2-3-13-9(18)6-8/h2-3,6H,4-5,7H2,1H3,(H,13,18)(H2,14,15,19). The number of nitrogens with zero attached hydrogens (tertiary/aromatic N) is 2. The molecule has 0 aliphatic rings. The fourth-order valence-electron chi connectivity index (χ4n) is 1.51. The van der Waals surface area contributed by atoms with Crippen molar-refractivity contribution < 1.29 is 14.1 Å². The van der Waals surface area contributed by atoms with Crippen LogP contribution >= 0.6 is 0 Å². The molecule has 0 atom stereocenters. The Kier molecular flexibility index (Phi) is 5.04. The molecule has 112 valence electrons. The van der Waals surface area contributed by atoms with Gasteiger partial charge >= 0.3 is 6.03 Å². The summed E-state index contributed by atoms with van der Waals surface area (Å²) in [6, 6.07) is 2.66. The Bertz CT molecular complexity index is 651. The second-order valence-electron chi connectivity index (χ2n) is 4.06. The Morgan fingerprint density at radius 2 is 2.33 bits per heavy atom. The monoisotopic (exact) mass is 293 g/mol. The molecule has 0 aliphatic carbocycles. The molecule has 3 N–H and O–H groups in total. The molecule has 9 nitrogen and oxygen atoms in total. The SMILES string of the molecule is COCCNC(=O)NCc1nc(-c2cc[nH]c(=O)c2)no1. The molecule has 2 heterocycles. The van der Waals surface area contributed by atoms with Crippen LogP contribution in [0, 0.1) is 0 Å². The van der Waals surface area contributed by atoms with Gasteiger partial charge in [-0.3, -0.25) is 4.79 Å². The predicted octanol–water partition coefficient (Wildman–Crippen LogP) is -0.129. The fourth-order valence-corrected chi connectivity index (χ4v) is 1.51. The van der Waals surface area contributed by atoms with Crippen LogP contribution in [0.5, 0.6) is 0 Å². The number of carbonyl (C=O) groups excluding carboxylic acids is 1. The lowest BCUT2D eigenvalue weighted by atomic mass is 10.2. The van der Waals surface area contributed by atoms with E-state index in [2.05, 4.69) is 25.8 Å². The Morgan fingerprint density at radius 3 is 3.10 bits per heavy atom. The van der Waals surface area contributed by atoms with E-state index in [0.717, 1.165) is 0 Å². The topological polar surface area (TPSA) is 122 Å². The summed E-state index contributed by atoms with van der Waals surface area (Å²) in [6.45, 7) is 0.930. The number of amides is 2. The van der Waals surface area contributed by atoms with Gasteiger partial charge in [0.25, 0.3) is 0 Å². The Balaban J connectivity index is 1.89. The highest BCUT2D eigenvalue weighted by molar-refractivity contribution is 5.73. The van der Waals surface area contributed by atoms with Crippen LogP contribution in [-0.4, -0.2) is 41.4 Å². The number of hydrogen-bond donors (Lipinski definition) is 3. The summed E-state index contributed by atoms with van der Waals surface area (Å²) in [6.07, 6.45) is 1.50. The van der Waals surface area contributed by atoms with E-state index in [-0.39, 0.29) is 29.9 Å². The maximum atomic E-state index is 11.4. The van der Waals surface area contributed by atoms with Crippen molar-refractivity contribution in [1.82, 2.24) is 25.8 Å². The van der Waals surface area contributed by atoms with Gasteiger partial charge in [0, 0.05) is 31.5 Å². The van der Waals surface area contributed by atoms with Crippen LogP contribution in [0.15, 0.2) is 27.6 Å². The molecule has 0 saturated carbocycles. The largest absolute Gasteiger partial charge is 0.383 e. The molecule has 0 aromatic carbocycles. The molecule has 0 fully saturated rings. The molecule has 2 rings (SSSR count). The van der Waals surface area contributed by atoms with Gasteiger partial charge in [-0.2, -0.15) is 4.98 Å². The summed E-state index contributed by atoms with van der Waals surface area (Å²) >= 11 is 0. The van der Waals surface area contributed by atoms with Gasteiger partial charge in [-0.15, -0.1) is 0 Å². The molecule has 0 radical (unpaired) electrons. The average Bonchev–Trinajstić information content (AvgIpc) is 2.94. The van der Waals surface area contributed by atoms with E-state index in [4.69, 9.17) is 9.26 Å². The van der Waals surface area contributed by atoms with Gasteiger partial charge in [-0.05, 0) is 6.07 Å². The number of urea groups is 1. The zero-order chi connectivity index (χ0) is 15.1. The zero-order valence-corrected chi connectivity index (χ0v) is 11.4. The highest BCUT2D eigenvalue weighted by atomic mass is 16.5. The van der Waals surface area contributed by atoms with Gasteiger partial charge in [-0.25, -0.2) is 4.79 Å². The number of methoxy groups -OCH3 is 1. The predicted molar refractivity (Wildman–Crippen MR) is 72.5 cm³/mol. The number of hydrogen-bond acceptors (Lipinski definition) is 6.